The van der Waals surface area contributed by atoms with Crippen molar-refractivity contribution in [3.63, 3.8) is 0 Å². The van der Waals surface area contributed by atoms with E-state index in [4.69, 9.17) is 16.0 Å². The molecule has 1 nitrogen and oxygen atoms in total. The van der Waals surface area contributed by atoms with E-state index in [1.807, 2.05) is 18.2 Å². The van der Waals surface area contributed by atoms with Crippen LogP contribution in [0.15, 0.2) is 35.9 Å². The first-order chi connectivity index (χ1) is 10.6. The van der Waals surface area contributed by atoms with Gasteiger partial charge in [0.15, 0.2) is 8.32 Å². The molecule has 23 heavy (non-hydrogen) atoms. The fourth-order valence-electron chi connectivity index (χ4n) is 2.10. The Labute approximate surface area is 149 Å². The normalized spacial score (nSPS) is 13.4. The largest absolute Gasteiger partial charge is 0.417 e. The smallest absolute Gasteiger partial charge is 0.191 e. The summed E-state index contributed by atoms with van der Waals surface area (Å²) in [7, 11) is -1.58. The highest BCUT2D eigenvalue weighted by Gasteiger charge is 2.36. The molecule has 0 spiro atoms. The number of allylic oxidation sites excluding steroid dienone is 2. The Morgan fingerprint density at radius 1 is 1.17 bits per heavy atom. The summed E-state index contributed by atoms with van der Waals surface area (Å²) in [5.41, 5.74) is 2.65. The van der Waals surface area contributed by atoms with Gasteiger partial charge >= 0.3 is 0 Å². The predicted molar refractivity (Wildman–Crippen MR) is 106 cm³/mol. The summed E-state index contributed by atoms with van der Waals surface area (Å²) < 4.78 is 6.22. The quantitative estimate of drug-likeness (QED) is 0.277. The fraction of sp³-hybridized carbons (Fsp3) is 0.600. The van der Waals surface area contributed by atoms with Gasteiger partial charge in [-0.15, -0.1) is 0 Å². The fourth-order valence-corrected chi connectivity index (χ4v) is 3.40. The first kappa shape index (κ1) is 20.5. The van der Waals surface area contributed by atoms with Crippen LogP contribution < -0.4 is 0 Å². The van der Waals surface area contributed by atoms with Crippen molar-refractivity contribution in [2.75, 3.05) is 6.61 Å². The van der Waals surface area contributed by atoms with Crippen molar-refractivity contribution in [2.24, 2.45) is 0 Å². The molecule has 0 amide bonds. The summed E-state index contributed by atoms with van der Waals surface area (Å²) in [6, 6.07) is 8.07. The van der Waals surface area contributed by atoms with Crippen LogP contribution in [0, 0.1) is 0 Å². The van der Waals surface area contributed by atoms with Crippen LogP contribution in [-0.2, 0) is 10.8 Å². The third-order valence-corrected chi connectivity index (χ3v) is 9.77. The Morgan fingerprint density at radius 2 is 1.83 bits per heavy atom. The standard InChI is InChI=1S/C20H33ClOSi/c1-17(14-15-18-12-7-8-13-19(18)21)11-9-10-16-22-23(5,6)20(2,3)4/h7-8,12-14H,9-11,15-16H2,1-6H3/b17-14+. The summed E-state index contributed by atoms with van der Waals surface area (Å²) in [5.74, 6) is 0. The molecule has 0 atom stereocenters. The van der Waals surface area contributed by atoms with Crippen LogP contribution >= 0.6 is 11.6 Å². The minimum atomic E-state index is -1.58. The van der Waals surface area contributed by atoms with Gasteiger partial charge < -0.3 is 4.43 Å². The molecule has 0 heterocycles. The maximum Gasteiger partial charge on any atom is 0.191 e. The van der Waals surface area contributed by atoms with Gasteiger partial charge in [0, 0.05) is 11.6 Å². The van der Waals surface area contributed by atoms with Crippen LogP contribution in [0.2, 0.25) is 23.2 Å². The average molecular weight is 353 g/mol. The minimum absolute atomic E-state index is 0.303. The van der Waals surface area contributed by atoms with Crippen LogP contribution in [-0.4, -0.2) is 14.9 Å². The van der Waals surface area contributed by atoms with E-state index in [9.17, 15) is 0 Å². The summed E-state index contributed by atoms with van der Waals surface area (Å²) in [6.07, 6.45) is 6.70. The van der Waals surface area contributed by atoms with E-state index in [2.05, 4.69) is 52.9 Å². The van der Waals surface area contributed by atoms with E-state index in [0.29, 0.717) is 5.04 Å². The zero-order chi connectivity index (χ0) is 17.5. The molecule has 0 aliphatic rings. The topological polar surface area (TPSA) is 9.23 Å². The number of halogens is 1. The second-order valence-corrected chi connectivity index (χ2v) is 13.1. The number of hydrogen-bond donors (Lipinski definition) is 0. The lowest BCUT2D eigenvalue weighted by Crippen LogP contribution is -2.40. The summed E-state index contributed by atoms with van der Waals surface area (Å²) in [5, 5.41) is 1.16. The first-order valence-electron chi connectivity index (χ1n) is 8.66. The maximum atomic E-state index is 6.22. The highest BCUT2D eigenvalue weighted by Crippen LogP contribution is 2.36. The van der Waals surface area contributed by atoms with Gasteiger partial charge in [-0.1, -0.05) is 62.2 Å². The lowest BCUT2D eigenvalue weighted by Gasteiger charge is -2.36. The van der Waals surface area contributed by atoms with E-state index < -0.39 is 8.32 Å². The number of benzene rings is 1. The number of unbranched alkanes of at least 4 members (excludes halogenated alkanes) is 1. The van der Waals surface area contributed by atoms with Gasteiger partial charge in [-0.2, -0.15) is 0 Å². The predicted octanol–water partition coefficient (Wildman–Crippen LogP) is 7.02. The van der Waals surface area contributed by atoms with Crippen molar-refractivity contribution >= 4 is 19.9 Å². The van der Waals surface area contributed by atoms with E-state index in [0.717, 1.165) is 30.9 Å². The van der Waals surface area contributed by atoms with Crippen molar-refractivity contribution in [2.45, 2.75) is 71.5 Å². The maximum absolute atomic E-state index is 6.22. The molecule has 0 saturated carbocycles. The van der Waals surface area contributed by atoms with Gasteiger partial charge in [0.1, 0.15) is 0 Å². The van der Waals surface area contributed by atoms with Crippen molar-refractivity contribution in [3.8, 4) is 0 Å². The van der Waals surface area contributed by atoms with Gasteiger partial charge in [-0.3, -0.25) is 0 Å². The van der Waals surface area contributed by atoms with E-state index >= 15 is 0 Å². The van der Waals surface area contributed by atoms with Gasteiger partial charge in [-0.25, -0.2) is 0 Å². The molecule has 0 N–H and O–H groups in total. The van der Waals surface area contributed by atoms with Crippen LogP contribution in [0.5, 0.6) is 0 Å². The lowest BCUT2D eigenvalue weighted by molar-refractivity contribution is 0.279. The second-order valence-electron chi connectivity index (χ2n) is 7.91. The second kappa shape index (κ2) is 9.05. The van der Waals surface area contributed by atoms with Gasteiger partial charge in [-0.05, 0) is 62.4 Å². The van der Waals surface area contributed by atoms with Crippen molar-refractivity contribution in [3.05, 3.63) is 46.5 Å². The molecule has 3 heteroatoms. The summed E-state index contributed by atoms with van der Waals surface area (Å²) in [4.78, 5) is 0. The summed E-state index contributed by atoms with van der Waals surface area (Å²) in [6.45, 7) is 14.6. The molecule has 0 radical (unpaired) electrons. The molecule has 0 aliphatic carbocycles. The molecule has 0 fully saturated rings. The molecule has 0 saturated heterocycles. The first-order valence-corrected chi connectivity index (χ1v) is 11.9. The van der Waals surface area contributed by atoms with Crippen LogP contribution in [0.3, 0.4) is 0 Å². The molecular formula is C20H33ClOSi. The Hall–Kier alpha value is -0.573. The zero-order valence-electron chi connectivity index (χ0n) is 15.7. The van der Waals surface area contributed by atoms with E-state index in [1.165, 1.54) is 17.6 Å². The van der Waals surface area contributed by atoms with Crippen LogP contribution in [0.25, 0.3) is 0 Å². The highest BCUT2D eigenvalue weighted by molar-refractivity contribution is 6.74. The Kier molecular flexibility index (Phi) is 8.06. The van der Waals surface area contributed by atoms with Gasteiger partial charge in [0.2, 0.25) is 0 Å². The lowest BCUT2D eigenvalue weighted by atomic mass is 10.1. The third-order valence-electron chi connectivity index (χ3n) is 4.86. The van der Waals surface area contributed by atoms with Crippen LogP contribution in [0.4, 0.5) is 0 Å². The Balaban J connectivity index is 2.28. The molecule has 1 aromatic carbocycles. The molecular weight excluding hydrogens is 320 g/mol. The third kappa shape index (κ3) is 7.24. The summed E-state index contributed by atoms with van der Waals surface area (Å²) >= 11 is 6.19. The molecule has 0 aromatic heterocycles. The SMILES string of the molecule is C/C(=C\Cc1ccccc1Cl)CCCCO[Si](C)(C)C(C)(C)C. The number of hydrogen-bond acceptors (Lipinski definition) is 1. The van der Waals surface area contributed by atoms with Crippen molar-refractivity contribution < 1.29 is 4.43 Å². The van der Waals surface area contributed by atoms with Crippen molar-refractivity contribution in [1.82, 2.24) is 0 Å². The number of rotatable bonds is 8. The monoisotopic (exact) mass is 352 g/mol. The highest BCUT2D eigenvalue weighted by atomic mass is 35.5. The Morgan fingerprint density at radius 3 is 2.43 bits per heavy atom. The Bertz CT molecular complexity index is 515. The molecule has 0 aliphatic heterocycles. The van der Waals surface area contributed by atoms with Gasteiger partial charge in [0.05, 0.1) is 0 Å². The van der Waals surface area contributed by atoms with E-state index in [1.54, 1.807) is 0 Å². The van der Waals surface area contributed by atoms with Gasteiger partial charge in [0.25, 0.3) is 0 Å². The minimum Gasteiger partial charge on any atom is -0.417 e. The zero-order valence-corrected chi connectivity index (χ0v) is 17.5. The molecule has 130 valence electrons. The average Bonchev–Trinajstić information content (AvgIpc) is 2.44. The molecule has 0 bridgehead atoms. The molecule has 1 aromatic rings. The van der Waals surface area contributed by atoms with Crippen molar-refractivity contribution in [1.29, 1.82) is 0 Å². The van der Waals surface area contributed by atoms with E-state index in [-0.39, 0.29) is 0 Å². The van der Waals surface area contributed by atoms with Crippen LogP contribution in [0.1, 0.15) is 52.5 Å². The molecule has 0 unspecified atom stereocenters. The molecule has 1 rings (SSSR count).